The fraction of sp³-hybridized carbons (Fsp3) is 0.611. The maximum atomic E-state index is 12.9. The molecule has 5 nitrogen and oxygen atoms in total. The molecule has 1 N–H and O–H groups in total. The number of nitrogens with one attached hydrogen (secondary N) is 1. The van der Waals surface area contributed by atoms with Crippen molar-refractivity contribution in [3.05, 3.63) is 35.4 Å². The van der Waals surface area contributed by atoms with Crippen LogP contribution in [0.2, 0.25) is 0 Å². The first kappa shape index (κ1) is 15.1. The van der Waals surface area contributed by atoms with Gasteiger partial charge in [-0.1, -0.05) is 24.3 Å². The van der Waals surface area contributed by atoms with E-state index in [2.05, 4.69) is 23.5 Å². The minimum atomic E-state index is -0.117. The Bertz CT molecular complexity index is 571. The monoisotopic (exact) mass is 316 g/mol. The Kier molecular flexibility index (Phi) is 4.33. The zero-order valence-corrected chi connectivity index (χ0v) is 13.4. The van der Waals surface area contributed by atoms with Crippen LogP contribution in [0.3, 0.4) is 0 Å². The number of fused-ring (bicyclic) bond motifs is 1. The number of hydrogen-bond acceptors (Lipinski definition) is 4. The minimum absolute atomic E-state index is 0.0334. The zero-order chi connectivity index (χ0) is 15.6. The molecular weight excluding hydrogens is 292 g/mol. The van der Waals surface area contributed by atoms with Gasteiger partial charge in [0, 0.05) is 26.2 Å². The topological polar surface area (TPSA) is 50.8 Å². The molecule has 2 fully saturated rings. The third-order valence-electron chi connectivity index (χ3n) is 5.16. The van der Waals surface area contributed by atoms with Crippen LogP contribution in [0.4, 0.5) is 0 Å². The van der Waals surface area contributed by atoms with Gasteiger partial charge in [-0.25, -0.2) is 0 Å². The molecule has 2 saturated heterocycles. The second-order valence-electron chi connectivity index (χ2n) is 6.65. The van der Waals surface area contributed by atoms with Gasteiger partial charge in [-0.2, -0.15) is 0 Å². The van der Waals surface area contributed by atoms with E-state index < -0.39 is 0 Å². The quantitative estimate of drug-likeness (QED) is 0.888. The van der Waals surface area contributed by atoms with Crippen molar-refractivity contribution in [3.8, 4) is 0 Å². The summed E-state index contributed by atoms with van der Waals surface area (Å²) in [6.07, 6.45) is 3.11. The molecule has 0 aromatic heterocycles. The molecular formula is C18H24N2O3. The van der Waals surface area contributed by atoms with Crippen LogP contribution in [0, 0.1) is 0 Å². The number of benzene rings is 1. The van der Waals surface area contributed by atoms with E-state index in [9.17, 15) is 4.79 Å². The van der Waals surface area contributed by atoms with Gasteiger partial charge in [0.2, 0.25) is 5.91 Å². The summed E-state index contributed by atoms with van der Waals surface area (Å²) in [7, 11) is 0. The summed E-state index contributed by atoms with van der Waals surface area (Å²) >= 11 is 0. The largest absolute Gasteiger partial charge is 0.375 e. The van der Waals surface area contributed by atoms with Crippen molar-refractivity contribution >= 4 is 5.91 Å². The molecule has 1 amide bonds. The van der Waals surface area contributed by atoms with Crippen molar-refractivity contribution in [3.63, 3.8) is 0 Å². The fourth-order valence-electron chi connectivity index (χ4n) is 3.85. The van der Waals surface area contributed by atoms with Gasteiger partial charge < -0.3 is 19.7 Å². The zero-order valence-electron chi connectivity index (χ0n) is 13.4. The maximum absolute atomic E-state index is 12.9. The summed E-state index contributed by atoms with van der Waals surface area (Å²) in [5, 5.41) is 3.39. The molecule has 0 aliphatic carbocycles. The van der Waals surface area contributed by atoms with E-state index in [4.69, 9.17) is 9.47 Å². The Morgan fingerprint density at radius 3 is 2.78 bits per heavy atom. The number of hydrogen-bond donors (Lipinski definition) is 1. The smallest absolute Gasteiger partial charge is 0.240 e. The SMILES string of the molecule is O=C([C@@H]1Cc2ccccc2CN1)N1CCO[C@H]([C@H]2CCCO2)C1. The second-order valence-corrected chi connectivity index (χ2v) is 6.65. The van der Waals surface area contributed by atoms with Gasteiger partial charge in [0.05, 0.1) is 18.8 Å². The highest BCUT2D eigenvalue weighted by atomic mass is 16.5. The number of carbonyl (C=O) groups is 1. The highest BCUT2D eigenvalue weighted by molar-refractivity contribution is 5.82. The number of carbonyl (C=O) groups excluding carboxylic acids is 1. The maximum Gasteiger partial charge on any atom is 0.240 e. The Balaban J connectivity index is 1.40. The third-order valence-corrected chi connectivity index (χ3v) is 5.16. The van der Waals surface area contributed by atoms with Crippen molar-refractivity contribution in [2.75, 3.05) is 26.3 Å². The first-order valence-electron chi connectivity index (χ1n) is 8.63. The van der Waals surface area contributed by atoms with Crippen molar-refractivity contribution in [2.24, 2.45) is 0 Å². The van der Waals surface area contributed by atoms with E-state index in [0.717, 1.165) is 32.4 Å². The molecule has 3 aliphatic rings. The molecule has 1 aromatic rings. The summed E-state index contributed by atoms with van der Waals surface area (Å²) < 4.78 is 11.6. The number of morpholine rings is 1. The lowest BCUT2D eigenvalue weighted by Gasteiger charge is -2.38. The Morgan fingerprint density at radius 2 is 1.96 bits per heavy atom. The molecule has 1 aromatic carbocycles. The van der Waals surface area contributed by atoms with Crippen LogP contribution < -0.4 is 5.32 Å². The summed E-state index contributed by atoms with van der Waals surface area (Å²) in [6.45, 7) is 3.54. The third kappa shape index (κ3) is 3.13. The molecule has 4 rings (SSSR count). The van der Waals surface area contributed by atoms with E-state index in [1.165, 1.54) is 11.1 Å². The van der Waals surface area contributed by atoms with E-state index in [0.29, 0.717) is 19.7 Å². The van der Waals surface area contributed by atoms with Crippen LogP contribution in [0.1, 0.15) is 24.0 Å². The van der Waals surface area contributed by atoms with Crippen LogP contribution in [0.5, 0.6) is 0 Å². The van der Waals surface area contributed by atoms with Crippen molar-refractivity contribution in [1.29, 1.82) is 0 Å². The number of ether oxygens (including phenoxy) is 2. The van der Waals surface area contributed by atoms with Crippen molar-refractivity contribution in [1.82, 2.24) is 10.2 Å². The normalized spacial score (nSPS) is 31.0. The molecule has 0 saturated carbocycles. The van der Waals surface area contributed by atoms with Gasteiger partial charge in [-0.15, -0.1) is 0 Å². The van der Waals surface area contributed by atoms with Crippen LogP contribution in [-0.4, -0.2) is 55.4 Å². The Labute approximate surface area is 136 Å². The van der Waals surface area contributed by atoms with Crippen LogP contribution >= 0.6 is 0 Å². The molecule has 3 atom stereocenters. The van der Waals surface area contributed by atoms with Gasteiger partial charge in [0.15, 0.2) is 0 Å². The van der Waals surface area contributed by atoms with Crippen LogP contribution in [-0.2, 0) is 27.2 Å². The summed E-state index contributed by atoms with van der Waals surface area (Å²) in [5.74, 6) is 0.200. The molecule has 23 heavy (non-hydrogen) atoms. The molecule has 3 heterocycles. The van der Waals surface area contributed by atoms with Gasteiger partial charge in [0.25, 0.3) is 0 Å². The second kappa shape index (κ2) is 6.59. The Hall–Kier alpha value is -1.43. The van der Waals surface area contributed by atoms with Gasteiger partial charge in [0.1, 0.15) is 6.10 Å². The molecule has 0 unspecified atom stereocenters. The number of rotatable bonds is 2. The van der Waals surface area contributed by atoms with E-state index in [1.807, 2.05) is 11.0 Å². The minimum Gasteiger partial charge on any atom is -0.375 e. The lowest BCUT2D eigenvalue weighted by atomic mass is 9.95. The average molecular weight is 316 g/mol. The summed E-state index contributed by atoms with van der Waals surface area (Å²) in [4.78, 5) is 14.9. The molecule has 0 bridgehead atoms. The lowest BCUT2D eigenvalue weighted by molar-refractivity contribution is -0.147. The highest BCUT2D eigenvalue weighted by Crippen LogP contribution is 2.22. The van der Waals surface area contributed by atoms with Crippen LogP contribution in [0.25, 0.3) is 0 Å². The van der Waals surface area contributed by atoms with Gasteiger partial charge in [-0.3, -0.25) is 4.79 Å². The first-order valence-corrected chi connectivity index (χ1v) is 8.63. The predicted molar refractivity (Wildman–Crippen MR) is 86.1 cm³/mol. The van der Waals surface area contributed by atoms with Crippen LogP contribution in [0.15, 0.2) is 24.3 Å². The molecule has 0 radical (unpaired) electrons. The van der Waals surface area contributed by atoms with E-state index in [1.54, 1.807) is 0 Å². The Morgan fingerprint density at radius 1 is 1.13 bits per heavy atom. The summed E-state index contributed by atoms with van der Waals surface area (Å²) in [6, 6.07) is 8.24. The standard InChI is InChI=1S/C18H24N2O3/c21-18(15-10-13-4-1-2-5-14(13)11-19-15)20-7-9-23-17(12-20)16-6-3-8-22-16/h1-2,4-5,15-17,19H,3,6-12H2/t15-,16+,17-/m0/s1. The fourth-order valence-corrected chi connectivity index (χ4v) is 3.85. The van der Waals surface area contributed by atoms with E-state index >= 15 is 0 Å². The summed E-state index contributed by atoms with van der Waals surface area (Å²) in [5.41, 5.74) is 2.59. The molecule has 5 heteroatoms. The van der Waals surface area contributed by atoms with Gasteiger partial charge in [-0.05, 0) is 30.4 Å². The number of amides is 1. The molecule has 3 aliphatic heterocycles. The highest BCUT2D eigenvalue weighted by Gasteiger charge is 2.35. The van der Waals surface area contributed by atoms with Crippen molar-refractivity contribution < 1.29 is 14.3 Å². The van der Waals surface area contributed by atoms with E-state index in [-0.39, 0.29) is 24.2 Å². The molecule has 0 spiro atoms. The van der Waals surface area contributed by atoms with Crippen molar-refractivity contribution in [2.45, 2.75) is 44.1 Å². The van der Waals surface area contributed by atoms with Gasteiger partial charge >= 0.3 is 0 Å². The lowest BCUT2D eigenvalue weighted by Crippen LogP contribution is -2.56. The molecule has 124 valence electrons. The first-order chi connectivity index (χ1) is 11.3. The number of nitrogens with zero attached hydrogens (tertiary/aromatic N) is 1. The average Bonchev–Trinajstić information content (AvgIpc) is 3.15. The predicted octanol–water partition coefficient (Wildman–Crippen LogP) is 1.11.